The Labute approximate surface area is 177 Å². The number of nitrogens with zero attached hydrogens (tertiary/aromatic N) is 2. The van der Waals surface area contributed by atoms with Gasteiger partial charge in [0.2, 0.25) is 10.0 Å². The fourth-order valence-electron chi connectivity index (χ4n) is 3.70. The van der Waals surface area contributed by atoms with Crippen molar-refractivity contribution in [1.82, 2.24) is 9.62 Å². The van der Waals surface area contributed by atoms with E-state index in [1.807, 2.05) is 31.2 Å². The first-order chi connectivity index (χ1) is 14.4. The molecule has 2 aliphatic rings. The normalized spacial score (nSPS) is 17.1. The number of hydrogen-bond acceptors (Lipinski definition) is 5. The number of methoxy groups -OCH3 is 1. The SMILES string of the molecule is COc1ccccc1N1CCN(C(=O)c2cc(S(=O)(=O)NC3CC3)ccc2C)CC1. The number of carbonyl (C=O) groups excluding carboxylic acids is 1. The predicted molar refractivity (Wildman–Crippen MR) is 116 cm³/mol. The van der Waals surface area contributed by atoms with Gasteiger partial charge < -0.3 is 14.5 Å². The third-order valence-electron chi connectivity index (χ3n) is 5.64. The van der Waals surface area contributed by atoms with Crippen molar-refractivity contribution in [1.29, 1.82) is 0 Å². The lowest BCUT2D eigenvalue weighted by molar-refractivity contribution is 0.0745. The van der Waals surface area contributed by atoms with E-state index in [9.17, 15) is 13.2 Å². The fraction of sp³-hybridized carbons (Fsp3) is 0.409. The number of rotatable bonds is 6. The second-order valence-corrected chi connectivity index (χ2v) is 9.54. The van der Waals surface area contributed by atoms with Crippen molar-refractivity contribution in [3.63, 3.8) is 0 Å². The smallest absolute Gasteiger partial charge is 0.254 e. The summed E-state index contributed by atoms with van der Waals surface area (Å²) in [5, 5.41) is 0. The molecule has 1 amide bonds. The number of anilines is 1. The molecule has 1 aliphatic heterocycles. The summed E-state index contributed by atoms with van der Waals surface area (Å²) in [6.45, 7) is 4.34. The molecule has 1 N–H and O–H groups in total. The summed E-state index contributed by atoms with van der Waals surface area (Å²) in [7, 11) is -1.94. The highest BCUT2D eigenvalue weighted by Crippen LogP contribution is 2.29. The van der Waals surface area contributed by atoms with Crippen molar-refractivity contribution in [2.24, 2.45) is 0 Å². The Bertz CT molecular complexity index is 1040. The van der Waals surface area contributed by atoms with Crippen molar-refractivity contribution in [3.8, 4) is 5.75 Å². The van der Waals surface area contributed by atoms with Crippen LogP contribution in [0.1, 0.15) is 28.8 Å². The van der Waals surface area contributed by atoms with E-state index < -0.39 is 10.0 Å². The molecule has 1 heterocycles. The number of amides is 1. The van der Waals surface area contributed by atoms with Crippen LogP contribution in [0.5, 0.6) is 5.75 Å². The van der Waals surface area contributed by atoms with Crippen LogP contribution in [-0.2, 0) is 10.0 Å². The quantitative estimate of drug-likeness (QED) is 0.763. The molecule has 160 valence electrons. The van der Waals surface area contributed by atoms with E-state index >= 15 is 0 Å². The average Bonchev–Trinajstić information content (AvgIpc) is 3.57. The van der Waals surface area contributed by atoms with Gasteiger partial charge in [0.15, 0.2) is 0 Å². The molecule has 2 aromatic rings. The van der Waals surface area contributed by atoms with E-state index in [0.717, 1.165) is 29.8 Å². The first-order valence-electron chi connectivity index (χ1n) is 10.2. The molecule has 0 spiro atoms. The zero-order chi connectivity index (χ0) is 21.3. The van der Waals surface area contributed by atoms with Crippen molar-refractivity contribution >= 4 is 21.6 Å². The van der Waals surface area contributed by atoms with E-state index in [1.54, 1.807) is 24.1 Å². The Morgan fingerprint density at radius 1 is 1.07 bits per heavy atom. The van der Waals surface area contributed by atoms with Crippen molar-refractivity contribution < 1.29 is 17.9 Å². The molecule has 8 heteroatoms. The third kappa shape index (κ3) is 4.29. The zero-order valence-electron chi connectivity index (χ0n) is 17.3. The predicted octanol–water partition coefficient (Wildman–Crippen LogP) is 2.41. The van der Waals surface area contributed by atoms with Gasteiger partial charge in [-0.05, 0) is 49.6 Å². The number of sulfonamides is 1. The van der Waals surface area contributed by atoms with E-state index in [2.05, 4.69) is 9.62 Å². The maximum Gasteiger partial charge on any atom is 0.254 e. The Balaban J connectivity index is 1.48. The molecule has 4 rings (SSSR count). The number of ether oxygens (including phenoxy) is 1. The summed E-state index contributed by atoms with van der Waals surface area (Å²) >= 11 is 0. The van der Waals surface area contributed by atoms with Crippen molar-refractivity contribution in [3.05, 3.63) is 53.6 Å². The van der Waals surface area contributed by atoms with Gasteiger partial charge in [0.25, 0.3) is 5.91 Å². The lowest BCUT2D eigenvalue weighted by Crippen LogP contribution is -2.49. The summed E-state index contributed by atoms with van der Waals surface area (Å²) in [5.41, 5.74) is 2.24. The Morgan fingerprint density at radius 2 is 1.77 bits per heavy atom. The minimum Gasteiger partial charge on any atom is -0.495 e. The van der Waals surface area contributed by atoms with Gasteiger partial charge in [-0.3, -0.25) is 4.79 Å². The molecule has 7 nitrogen and oxygen atoms in total. The Morgan fingerprint density at radius 3 is 2.43 bits per heavy atom. The molecule has 1 aliphatic carbocycles. The van der Waals surface area contributed by atoms with Crippen LogP contribution in [0.3, 0.4) is 0 Å². The van der Waals surface area contributed by atoms with Gasteiger partial charge in [-0.2, -0.15) is 0 Å². The van der Waals surface area contributed by atoms with Gasteiger partial charge in [-0.15, -0.1) is 0 Å². The summed E-state index contributed by atoms with van der Waals surface area (Å²) < 4.78 is 33.2. The molecule has 0 atom stereocenters. The van der Waals surface area contributed by atoms with Crippen LogP contribution in [0.25, 0.3) is 0 Å². The van der Waals surface area contributed by atoms with Gasteiger partial charge >= 0.3 is 0 Å². The highest BCUT2D eigenvalue weighted by molar-refractivity contribution is 7.89. The first kappa shape index (κ1) is 20.7. The number of piperazine rings is 1. The van der Waals surface area contributed by atoms with E-state index in [4.69, 9.17) is 4.74 Å². The van der Waals surface area contributed by atoms with Crippen LogP contribution in [0.2, 0.25) is 0 Å². The van der Waals surface area contributed by atoms with Gasteiger partial charge in [-0.1, -0.05) is 18.2 Å². The topological polar surface area (TPSA) is 79.0 Å². The summed E-state index contributed by atoms with van der Waals surface area (Å²) in [6, 6.07) is 12.7. The second-order valence-electron chi connectivity index (χ2n) is 7.82. The number of hydrogen-bond donors (Lipinski definition) is 1. The van der Waals surface area contributed by atoms with Gasteiger partial charge in [0.1, 0.15) is 5.75 Å². The largest absolute Gasteiger partial charge is 0.495 e. The van der Waals surface area contributed by atoms with Crippen LogP contribution in [0.4, 0.5) is 5.69 Å². The van der Waals surface area contributed by atoms with Crippen LogP contribution in [0, 0.1) is 6.92 Å². The molecule has 2 fully saturated rings. The van der Waals surface area contributed by atoms with Gasteiger partial charge in [0.05, 0.1) is 17.7 Å². The highest BCUT2D eigenvalue weighted by Gasteiger charge is 2.30. The van der Waals surface area contributed by atoms with Crippen LogP contribution < -0.4 is 14.4 Å². The summed E-state index contributed by atoms with van der Waals surface area (Å²) in [5.74, 6) is 0.685. The maximum absolute atomic E-state index is 13.2. The second kappa shape index (κ2) is 8.28. The summed E-state index contributed by atoms with van der Waals surface area (Å²) in [6.07, 6.45) is 1.74. The molecule has 2 aromatic carbocycles. The van der Waals surface area contributed by atoms with Crippen LogP contribution in [-0.4, -0.2) is 58.6 Å². The number of benzene rings is 2. The standard InChI is InChI=1S/C22H27N3O4S/c1-16-7-10-18(30(27,28)23-17-8-9-17)15-19(16)22(26)25-13-11-24(12-14-25)20-5-3-4-6-21(20)29-2/h3-7,10,15,17,23H,8-9,11-14H2,1-2H3. The number of carbonyl (C=O) groups is 1. The molecule has 0 unspecified atom stereocenters. The Hall–Kier alpha value is -2.58. The van der Waals surface area contributed by atoms with E-state index in [1.165, 1.54) is 6.07 Å². The van der Waals surface area contributed by atoms with Crippen molar-refractivity contribution in [2.75, 3.05) is 38.2 Å². The monoisotopic (exact) mass is 429 g/mol. The lowest BCUT2D eigenvalue weighted by atomic mass is 10.1. The lowest BCUT2D eigenvalue weighted by Gasteiger charge is -2.36. The molecule has 0 aromatic heterocycles. The van der Waals surface area contributed by atoms with Crippen LogP contribution >= 0.6 is 0 Å². The fourth-order valence-corrected chi connectivity index (χ4v) is 5.03. The van der Waals surface area contributed by atoms with E-state index in [-0.39, 0.29) is 16.8 Å². The number of para-hydroxylation sites is 2. The van der Waals surface area contributed by atoms with Crippen molar-refractivity contribution in [2.45, 2.75) is 30.7 Å². The van der Waals surface area contributed by atoms with E-state index in [0.29, 0.717) is 31.7 Å². The summed E-state index contributed by atoms with van der Waals surface area (Å²) in [4.78, 5) is 17.3. The minimum absolute atomic E-state index is 0.0264. The minimum atomic E-state index is -3.60. The third-order valence-corrected chi connectivity index (χ3v) is 7.16. The maximum atomic E-state index is 13.2. The highest BCUT2D eigenvalue weighted by atomic mass is 32.2. The first-order valence-corrected chi connectivity index (χ1v) is 11.7. The molecular weight excluding hydrogens is 402 g/mol. The molecule has 0 radical (unpaired) electrons. The van der Waals surface area contributed by atoms with Gasteiger partial charge in [-0.25, -0.2) is 13.1 Å². The molecule has 1 saturated heterocycles. The Kier molecular flexibility index (Phi) is 5.71. The molecular formula is C22H27N3O4S. The average molecular weight is 430 g/mol. The number of aryl methyl sites for hydroxylation is 1. The molecule has 30 heavy (non-hydrogen) atoms. The number of nitrogens with one attached hydrogen (secondary N) is 1. The molecule has 1 saturated carbocycles. The van der Waals surface area contributed by atoms with Crippen LogP contribution in [0.15, 0.2) is 47.4 Å². The zero-order valence-corrected chi connectivity index (χ0v) is 18.1. The molecule has 0 bridgehead atoms. The van der Waals surface area contributed by atoms with Gasteiger partial charge in [0, 0.05) is 37.8 Å².